The van der Waals surface area contributed by atoms with Gasteiger partial charge in [0.05, 0.1) is 13.2 Å². The fraction of sp³-hybridized carbons (Fsp3) is 0.857. The first-order valence-corrected chi connectivity index (χ1v) is 21.5. The summed E-state index contributed by atoms with van der Waals surface area (Å²) in [4.78, 5) is 34.3. The van der Waals surface area contributed by atoms with Crippen molar-refractivity contribution in [2.24, 2.45) is 0 Å². The van der Waals surface area contributed by atoms with Crippen molar-refractivity contribution in [1.82, 2.24) is 0 Å². The van der Waals surface area contributed by atoms with Crippen LogP contribution in [-0.4, -0.2) is 76.9 Å². The van der Waals surface area contributed by atoms with Gasteiger partial charge in [-0.15, -0.1) is 0 Å². The van der Waals surface area contributed by atoms with Crippen LogP contribution in [-0.2, 0) is 38.2 Å². The van der Waals surface area contributed by atoms with Crippen LogP contribution in [0.4, 0.5) is 0 Å². The molecule has 0 saturated heterocycles. The van der Waals surface area contributed by atoms with Crippen molar-refractivity contribution in [3.63, 3.8) is 0 Å². The summed E-state index contributed by atoms with van der Waals surface area (Å²) in [6, 6.07) is 0. The normalized spacial score (nSPS) is 13.6. The number of rotatable bonds is 43. The van der Waals surface area contributed by atoms with E-state index in [1.165, 1.54) is 89.9 Å². The molecule has 0 aliphatic rings. The molecule has 4 atom stereocenters. The molecule has 4 unspecified atom stereocenters. The number of hydrogen-bond donors (Lipinski definition) is 2. The van der Waals surface area contributed by atoms with Gasteiger partial charge in [0.2, 0.25) is 0 Å². The highest BCUT2D eigenvalue weighted by molar-refractivity contribution is 5.81. The van der Waals surface area contributed by atoms with Crippen LogP contribution in [0.25, 0.3) is 0 Å². The van der Waals surface area contributed by atoms with Gasteiger partial charge in [0.25, 0.3) is 0 Å². The molecule has 0 bridgehead atoms. The van der Waals surface area contributed by atoms with E-state index in [-0.39, 0.29) is 36.9 Å². The van der Waals surface area contributed by atoms with Crippen LogP contribution < -0.4 is 10.5 Å². The smallest absolute Gasteiger partial charge is 0.330 e. The van der Waals surface area contributed by atoms with E-state index in [0.717, 1.165) is 76.4 Å². The van der Waals surface area contributed by atoms with Crippen molar-refractivity contribution < 1.29 is 48.7 Å². The molecule has 0 heterocycles. The Kier molecular flexibility index (Phi) is 39.3. The zero-order valence-electron chi connectivity index (χ0n) is 34.4. The van der Waals surface area contributed by atoms with E-state index in [1.807, 2.05) is 0 Å². The average molecular weight is 773 g/mol. The SMILES string of the molecule is C=CC(=O)OCC(COCCCCCCOCC(COC(=O)C=C)O[NH+]([O-])CCCCCCCCCCCC)O[NH+]([O-])CCCCCCCCCCCC. The van der Waals surface area contributed by atoms with Crippen molar-refractivity contribution in [2.45, 2.75) is 180 Å². The maximum Gasteiger partial charge on any atom is 0.330 e. The molecule has 12 nitrogen and oxygen atoms in total. The molecule has 0 fully saturated rings. The number of carbonyl (C=O) groups excluding carboxylic acids is 2. The lowest BCUT2D eigenvalue weighted by Gasteiger charge is -2.25. The number of quaternary nitrogens is 2. The molecular formula is C42H80N2O10. The van der Waals surface area contributed by atoms with Gasteiger partial charge in [-0.05, 0) is 38.5 Å². The van der Waals surface area contributed by atoms with E-state index >= 15 is 0 Å². The second-order valence-corrected chi connectivity index (χ2v) is 14.3. The van der Waals surface area contributed by atoms with Gasteiger partial charge >= 0.3 is 11.9 Å². The molecule has 2 N–H and O–H groups in total. The van der Waals surface area contributed by atoms with Gasteiger partial charge in [-0.1, -0.05) is 143 Å². The predicted octanol–water partition coefficient (Wildman–Crippen LogP) is 7.25. The number of unbranched alkanes of at least 4 members (excludes halogenated alkanes) is 21. The highest BCUT2D eigenvalue weighted by atomic mass is 16.9. The van der Waals surface area contributed by atoms with Crippen molar-refractivity contribution >= 4 is 11.9 Å². The molecule has 0 aliphatic heterocycles. The van der Waals surface area contributed by atoms with E-state index in [0.29, 0.717) is 26.3 Å². The molecule has 0 radical (unpaired) electrons. The van der Waals surface area contributed by atoms with E-state index in [2.05, 4.69) is 27.0 Å². The number of hydroxylamine groups is 4. The minimum atomic E-state index is -0.666. The van der Waals surface area contributed by atoms with Gasteiger partial charge in [0, 0.05) is 25.4 Å². The predicted molar refractivity (Wildman–Crippen MR) is 214 cm³/mol. The van der Waals surface area contributed by atoms with Crippen molar-refractivity contribution in [3.8, 4) is 0 Å². The Morgan fingerprint density at radius 3 is 1.09 bits per heavy atom. The fourth-order valence-electron chi connectivity index (χ4n) is 5.89. The third-order valence-corrected chi connectivity index (χ3v) is 9.16. The van der Waals surface area contributed by atoms with Gasteiger partial charge in [0.15, 0.2) is 12.2 Å². The summed E-state index contributed by atoms with van der Waals surface area (Å²) >= 11 is 0. The Morgan fingerprint density at radius 1 is 0.481 bits per heavy atom. The Bertz CT molecular complexity index is 797. The molecule has 0 spiro atoms. The lowest BCUT2D eigenvalue weighted by Crippen LogP contribution is -3.07. The molecule has 0 saturated carbocycles. The zero-order valence-corrected chi connectivity index (χ0v) is 34.4. The standard InChI is InChI=1S/C42H80N2O10/c1-5-9-11-13-15-17-19-21-23-27-31-43(47)53-39(37-51-41(45)7-3)35-49-33-29-25-26-30-34-50-36-40(38-52-42(46)8-4)54-44(48)32-28-24-22-20-18-16-14-12-10-6-2/h7-8,39-40,43-44H,3-6,9-38H2,1-2H3. The van der Waals surface area contributed by atoms with Crippen LogP contribution in [0, 0.1) is 10.4 Å². The molecule has 0 aromatic carbocycles. The summed E-state index contributed by atoms with van der Waals surface area (Å²) in [7, 11) is 0. The van der Waals surface area contributed by atoms with Gasteiger partial charge < -0.3 is 29.4 Å². The lowest BCUT2D eigenvalue weighted by atomic mass is 10.1. The van der Waals surface area contributed by atoms with E-state index < -0.39 is 24.1 Å². The zero-order chi connectivity index (χ0) is 39.7. The van der Waals surface area contributed by atoms with Crippen molar-refractivity contribution in [2.75, 3.05) is 52.7 Å². The van der Waals surface area contributed by atoms with Crippen LogP contribution in [0.1, 0.15) is 168 Å². The third kappa shape index (κ3) is 37.0. The van der Waals surface area contributed by atoms with Gasteiger partial charge in [0.1, 0.15) is 26.3 Å². The summed E-state index contributed by atoms with van der Waals surface area (Å²) in [5.41, 5.74) is 0. The maximum atomic E-state index is 12.4. The number of carbonyl (C=O) groups is 2. The lowest BCUT2D eigenvalue weighted by molar-refractivity contribution is -1.06. The second-order valence-electron chi connectivity index (χ2n) is 14.3. The summed E-state index contributed by atoms with van der Waals surface area (Å²) in [5.74, 6) is -1.14. The minimum absolute atomic E-state index is 0.0750. The summed E-state index contributed by atoms with van der Waals surface area (Å²) in [6.45, 7) is 13.1. The number of ether oxygens (including phenoxy) is 4. The van der Waals surface area contributed by atoms with Crippen LogP contribution >= 0.6 is 0 Å². The van der Waals surface area contributed by atoms with Gasteiger partial charge in [-0.2, -0.15) is 9.68 Å². The molecule has 0 aromatic rings. The van der Waals surface area contributed by atoms with E-state index in [9.17, 15) is 20.0 Å². The molecule has 0 rings (SSSR count). The summed E-state index contributed by atoms with van der Waals surface area (Å²) < 4.78 is 21.8. The van der Waals surface area contributed by atoms with Crippen molar-refractivity contribution in [3.05, 3.63) is 35.7 Å². The molecule has 0 amide bonds. The number of esters is 2. The summed E-state index contributed by atoms with van der Waals surface area (Å²) in [5, 5.41) is 24.3. The first kappa shape index (κ1) is 52.1. The number of nitrogens with one attached hydrogen (secondary N) is 2. The van der Waals surface area contributed by atoms with Gasteiger partial charge in [-0.3, -0.25) is 0 Å². The topological polar surface area (TPSA) is 145 Å². The molecule has 318 valence electrons. The quantitative estimate of drug-likeness (QED) is 0.0282. The number of hydrogen-bond acceptors (Lipinski definition) is 10. The van der Waals surface area contributed by atoms with Crippen LogP contribution in [0.3, 0.4) is 0 Å². The first-order chi connectivity index (χ1) is 26.4. The molecule has 54 heavy (non-hydrogen) atoms. The molecule has 0 aromatic heterocycles. The first-order valence-electron chi connectivity index (χ1n) is 21.5. The molecule has 12 heteroatoms. The minimum Gasteiger partial charge on any atom is -0.600 e. The van der Waals surface area contributed by atoms with E-state index in [1.54, 1.807) is 0 Å². The fourth-order valence-corrected chi connectivity index (χ4v) is 5.89. The van der Waals surface area contributed by atoms with E-state index in [4.69, 9.17) is 28.6 Å². The Labute approximate surface area is 328 Å². The molecule has 0 aliphatic carbocycles. The largest absolute Gasteiger partial charge is 0.600 e. The Hall–Kier alpha value is -1.90. The molecular weight excluding hydrogens is 692 g/mol. The van der Waals surface area contributed by atoms with Crippen LogP contribution in [0.5, 0.6) is 0 Å². The van der Waals surface area contributed by atoms with Crippen LogP contribution in [0.15, 0.2) is 25.3 Å². The Morgan fingerprint density at radius 2 is 0.778 bits per heavy atom. The monoisotopic (exact) mass is 773 g/mol. The summed E-state index contributed by atoms with van der Waals surface area (Å²) in [6.07, 6.45) is 28.0. The van der Waals surface area contributed by atoms with Crippen LogP contribution in [0.2, 0.25) is 0 Å². The highest BCUT2D eigenvalue weighted by Gasteiger charge is 2.18. The van der Waals surface area contributed by atoms with Gasteiger partial charge in [-0.25, -0.2) is 20.0 Å². The average Bonchev–Trinajstić information content (AvgIpc) is 3.17. The highest BCUT2D eigenvalue weighted by Crippen LogP contribution is 2.11. The third-order valence-electron chi connectivity index (χ3n) is 9.16. The Balaban J connectivity index is 4.20. The van der Waals surface area contributed by atoms with Crippen molar-refractivity contribution in [1.29, 1.82) is 0 Å². The second kappa shape index (κ2) is 40.8. The maximum absolute atomic E-state index is 12.4.